The normalized spacial score (nSPS) is 14.5. The van der Waals surface area contributed by atoms with E-state index in [2.05, 4.69) is 0 Å². The Balaban J connectivity index is 1.98. The van der Waals surface area contributed by atoms with Crippen LogP contribution in [-0.4, -0.2) is 30.3 Å². The molecule has 0 aliphatic heterocycles. The molecule has 2 aromatic rings. The molecule has 0 unspecified atom stereocenters. The van der Waals surface area contributed by atoms with Crippen molar-refractivity contribution in [2.75, 3.05) is 7.11 Å². The number of methoxy groups -OCH3 is 1. The number of ether oxygens (including phenoxy) is 1. The minimum atomic E-state index is -0.802. The van der Waals surface area contributed by atoms with E-state index in [-0.39, 0.29) is 6.42 Å². The summed E-state index contributed by atoms with van der Waals surface area (Å²) in [5.74, 6) is -0.195. The average Bonchev–Trinajstić information content (AvgIpc) is 2.62. The van der Waals surface area contributed by atoms with Crippen LogP contribution < -0.4 is 16.2 Å². The van der Waals surface area contributed by atoms with Gasteiger partial charge in [-0.1, -0.05) is 42.5 Å². The molecule has 2 aromatic carbocycles. The van der Waals surface area contributed by atoms with Crippen molar-refractivity contribution in [3.05, 3.63) is 65.7 Å². The highest BCUT2D eigenvalue weighted by Gasteiger charge is 2.24. The zero-order chi connectivity index (χ0) is 18.2. The number of benzene rings is 2. The summed E-state index contributed by atoms with van der Waals surface area (Å²) >= 11 is 0. The molecule has 134 valence electrons. The van der Waals surface area contributed by atoms with Crippen molar-refractivity contribution < 1.29 is 14.6 Å². The summed E-state index contributed by atoms with van der Waals surface area (Å²) < 4.78 is 5.20. The maximum atomic E-state index is 11.8. The fourth-order valence-electron chi connectivity index (χ4n) is 2.87. The van der Waals surface area contributed by atoms with E-state index in [1.54, 1.807) is 7.11 Å². The average molecular weight is 342 g/mol. The number of amides is 1. The van der Waals surface area contributed by atoms with Crippen LogP contribution in [-0.2, 0) is 17.6 Å². The zero-order valence-electron chi connectivity index (χ0n) is 14.5. The van der Waals surface area contributed by atoms with Crippen molar-refractivity contribution >= 4 is 5.91 Å². The second-order valence-corrected chi connectivity index (χ2v) is 6.31. The van der Waals surface area contributed by atoms with Gasteiger partial charge in [0.2, 0.25) is 5.91 Å². The predicted molar refractivity (Wildman–Crippen MR) is 98.1 cm³/mol. The lowest BCUT2D eigenvalue weighted by Gasteiger charge is -2.23. The molecular formula is C20H26N2O3. The van der Waals surface area contributed by atoms with Gasteiger partial charge in [-0.15, -0.1) is 0 Å². The zero-order valence-corrected chi connectivity index (χ0v) is 14.5. The maximum absolute atomic E-state index is 11.8. The summed E-state index contributed by atoms with van der Waals surface area (Å²) in [7, 11) is 1.59. The van der Waals surface area contributed by atoms with E-state index >= 15 is 0 Å². The van der Waals surface area contributed by atoms with Crippen LogP contribution in [0.4, 0.5) is 0 Å². The molecule has 5 N–H and O–H groups in total. The van der Waals surface area contributed by atoms with Crippen LogP contribution in [0.2, 0.25) is 0 Å². The van der Waals surface area contributed by atoms with E-state index < -0.39 is 24.0 Å². The summed E-state index contributed by atoms with van der Waals surface area (Å²) in [6.45, 7) is 0. The lowest BCUT2D eigenvalue weighted by molar-refractivity contribution is -0.122. The molecule has 3 atom stereocenters. The third-order valence-corrected chi connectivity index (χ3v) is 4.35. The van der Waals surface area contributed by atoms with Crippen molar-refractivity contribution in [1.29, 1.82) is 0 Å². The minimum absolute atomic E-state index is 0.237. The van der Waals surface area contributed by atoms with Crippen LogP contribution in [0.25, 0.3) is 0 Å². The molecule has 25 heavy (non-hydrogen) atoms. The number of nitrogens with two attached hydrogens (primary N) is 2. The molecule has 1 amide bonds. The summed E-state index contributed by atoms with van der Waals surface area (Å²) in [6.07, 6.45) is 0.429. The molecule has 0 aliphatic rings. The number of carbonyl (C=O) groups is 1. The Bertz CT molecular complexity index is 676. The molecule has 0 radical (unpaired) electrons. The summed E-state index contributed by atoms with van der Waals surface area (Å²) in [5.41, 5.74) is 13.6. The molecule has 5 nitrogen and oxygen atoms in total. The Morgan fingerprint density at radius 1 is 1.08 bits per heavy atom. The Labute approximate surface area is 148 Å². The number of carbonyl (C=O) groups excluding carboxylic acids is 1. The fraction of sp³-hybridized carbons (Fsp3) is 0.350. The Hall–Kier alpha value is -2.37. The largest absolute Gasteiger partial charge is 0.497 e. The fourth-order valence-corrected chi connectivity index (χ4v) is 2.87. The van der Waals surface area contributed by atoms with Crippen molar-refractivity contribution in [3.8, 4) is 5.75 Å². The van der Waals surface area contributed by atoms with E-state index in [1.807, 2.05) is 54.6 Å². The molecule has 0 heterocycles. The number of primary amides is 1. The van der Waals surface area contributed by atoms with Gasteiger partial charge in [0.25, 0.3) is 0 Å². The van der Waals surface area contributed by atoms with Gasteiger partial charge in [0.15, 0.2) is 0 Å². The Morgan fingerprint density at radius 3 is 2.40 bits per heavy atom. The maximum Gasteiger partial charge on any atom is 0.220 e. The number of hydrogen-bond acceptors (Lipinski definition) is 4. The van der Waals surface area contributed by atoms with Crippen molar-refractivity contribution in [3.63, 3.8) is 0 Å². The summed E-state index contributed by atoms with van der Waals surface area (Å²) in [6, 6.07) is 16.8. The van der Waals surface area contributed by atoms with Crippen LogP contribution in [0, 0.1) is 5.92 Å². The van der Waals surface area contributed by atoms with E-state index in [9.17, 15) is 9.90 Å². The van der Waals surface area contributed by atoms with Gasteiger partial charge in [-0.25, -0.2) is 0 Å². The van der Waals surface area contributed by atoms with Gasteiger partial charge in [0, 0.05) is 12.0 Å². The van der Waals surface area contributed by atoms with Crippen molar-refractivity contribution in [2.45, 2.75) is 31.4 Å². The van der Waals surface area contributed by atoms with Crippen LogP contribution in [0.5, 0.6) is 5.75 Å². The molecular weight excluding hydrogens is 316 g/mol. The van der Waals surface area contributed by atoms with E-state index in [0.29, 0.717) is 12.8 Å². The Morgan fingerprint density at radius 2 is 1.76 bits per heavy atom. The molecule has 2 rings (SSSR count). The number of rotatable bonds is 9. The molecule has 0 aromatic heterocycles. The first-order valence-electron chi connectivity index (χ1n) is 8.39. The Kier molecular flexibility index (Phi) is 6.98. The first kappa shape index (κ1) is 19.0. The third-order valence-electron chi connectivity index (χ3n) is 4.35. The first-order chi connectivity index (χ1) is 12.0. The summed E-state index contributed by atoms with van der Waals surface area (Å²) in [5, 5.41) is 10.4. The van der Waals surface area contributed by atoms with Gasteiger partial charge in [-0.3, -0.25) is 4.79 Å². The van der Waals surface area contributed by atoms with Gasteiger partial charge in [-0.05, 0) is 42.5 Å². The second-order valence-electron chi connectivity index (χ2n) is 6.31. The van der Waals surface area contributed by atoms with Crippen molar-refractivity contribution in [2.24, 2.45) is 17.4 Å². The van der Waals surface area contributed by atoms with Crippen LogP contribution in [0.3, 0.4) is 0 Å². The smallest absolute Gasteiger partial charge is 0.220 e. The molecule has 0 spiro atoms. The highest BCUT2D eigenvalue weighted by Crippen LogP contribution is 2.20. The predicted octanol–water partition coefficient (Wildman–Crippen LogP) is 1.66. The summed E-state index contributed by atoms with van der Waals surface area (Å²) in [4.78, 5) is 11.8. The standard InChI is InChI=1S/C20H26N2O3/c1-25-17-9-5-8-15(11-17)10-16(20(22)24)13-19(23)18(21)12-14-6-3-2-4-7-14/h2-9,11,16,18-19,23H,10,12-13,21H2,1H3,(H2,22,24)/t16-,18+,19+/m1/s1. The van der Waals surface area contributed by atoms with E-state index in [1.165, 1.54) is 0 Å². The molecule has 0 saturated heterocycles. The van der Waals surface area contributed by atoms with Crippen LogP contribution in [0.15, 0.2) is 54.6 Å². The molecule has 0 aliphatic carbocycles. The minimum Gasteiger partial charge on any atom is -0.497 e. The molecule has 5 heteroatoms. The highest BCUT2D eigenvalue weighted by atomic mass is 16.5. The molecule has 0 bridgehead atoms. The highest BCUT2D eigenvalue weighted by molar-refractivity contribution is 5.77. The van der Waals surface area contributed by atoms with E-state index in [0.717, 1.165) is 16.9 Å². The SMILES string of the molecule is COc1cccc(C[C@H](C[C@H](O)[C@@H](N)Cc2ccccc2)C(N)=O)c1. The lowest BCUT2D eigenvalue weighted by Crippen LogP contribution is -2.40. The van der Waals surface area contributed by atoms with E-state index in [4.69, 9.17) is 16.2 Å². The monoisotopic (exact) mass is 342 g/mol. The van der Waals surface area contributed by atoms with Gasteiger partial charge < -0.3 is 21.3 Å². The first-order valence-corrected chi connectivity index (χ1v) is 8.39. The number of aliphatic hydroxyl groups is 1. The molecule has 0 saturated carbocycles. The third kappa shape index (κ3) is 5.89. The molecule has 0 fully saturated rings. The number of aliphatic hydroxyl groups excluding tert-OH is 1. The van der Waals surface area contributed by atoms with Gasteiger partial charge in [-0.2, -0.15) is 0 Å². The number of hydrogen-bond donors (Lipinski definition) is 3. The lowest BCUT2D eigenvalue weighted by atomic mass is 9.89. The van der Waals surface area contributed by atoms with Gasteiger partial charge in [0.1, 0.15) is 5.75 Å². The second kappa shape index (κ2) is 9.20. The van der Waals surface area contributed by atoms with Crippen LogP contribution >= 0.6 is 0 Å². The topological polar surface area (TPSA) is 98.6 Å². The van der Waals surface area contributed by atoms with Crippen molar-refractivity contribution in [1.82, 2.24) is 0 Å². The van der Waals surface area contributed by atoms with Crippen LogP contribution in [0.1, 0.15) is 17.5 Å². The van der Waals surface area contributed by atoms with Gasteiger partial charge >= 0.3 is 0 Å². The quantitative estimate of drug-likeness (QED) is 0.645. The van der Waals surface area contributed by atoms with Gasteiger partial charge in [0.05, 0.1) is 13.2 Å².